The number of hydrogen-bond acceptors (Lipinski definition) is 4. The first-order chi connectivity index (χ1) is 13.5. The Hall–Kier alpha value is -3.68. The summed E-state index contributed by atoms with van der Waals surface area (Å²) in [5, 5.41) is 12.4. The van der Waals surface area contributed by atoms with Gasteiger partial charge in [-0.05, 0) is 43.2 Å². The molecular formula is C20H19N5O3. The second-order valence-corrected chi connectivity index (χ2v) is 6.54. The number of aryl methyl sites for hydroxylation is 2. The van der Waals surface area contributed by atoms with Crippen LogP contribution in [-0.4, -0.2) is 36.3 Å². The van der Waals surface area contributed by atoms with E-state index in [4.69, 9.17) is 0 Å². The van der Waals surface area contributed by atoms with Crippen LogP contribution in [0.15, 0.2) is 36.5 Å². The predicted octanol–water partition coefficient (Wildman–Crippen LogP) is 2.71. The van der Waals surface area contributed by atoms with Gasteiger partial charge in [-0.1, -0.05) is 13.0 Å². The number of carbonyl (C=O) groups excluding carboxylic acids is 1. The van der Waals surface area contributed by atoms with Crippen LogP contribution in [0.3, 0.4) is 0 Å². The van der Waals surface area contributed by atoms with Crippen molar-refractivity contribution in [2.75, 3.05) is 0 Å². The van der Waals surface area contributed by atoms with Crippen molar-refractivity contribution in [3.05, 3.63) is 64.9 Å². The number of carboxylic acids is 1. The van der Waals surface area contributed by atoms with Gasteiger partial charge in [-0.3, -0.25) is 9.20 Å². The SMILES string of the molecule is CCc1nc2c(C(=O)NCc3ccc4nc(C)[nH]c4c3)cccn2c1C(=O)O. The number of fused-ring (bicyclic) bond motifs is 2. The minimum absolute atomic E-state index is 0.0900. The maximum atomic E-state index is 12.7. The van der Waals surface area contributed by atoms with Crippen LogP contribution in [0.25, 0.3) is 16.7 Å². The maximum absolute atomic E-state index is 12.7. The summed E-state index contributed by atoms with van der Waals surface area (Å²) in [5.41, 5.74) is 3.94. The molecule has 0 radical (unpaired) electrons. The molecule has 8 heteroatoms. The molecule has 1 aromatic carbocycles. The zero-order valence-electron chi connectivity index (χ0n) is 15.5. The van der Waals surface area contributed by atoms with Gasteiger partial charge in [-0.2, -0.15) is 0 Å². The molecule has 0 spiro atoms. The van der Waals surface area contributed by atoms with E-state index >= 15 is 0 Å². The van der Waals surface area contributed by atoms with Gasteiger partial charge in [0.25, 0.3) is 5.91 Å². The van der Waals surface area contributed by atoms with Gasteiger partial charge in [-0.15, -0.1) is 0 Å². The second-order valence-electron chi connectivity index (χ2n) is 6.54. The Morgan fingerprint density at radius 2 is 2.07 bits per heavy atom. The number of carbonyl (C=O) groups is 2. The van der Waals surface area contributed by atoms with Crippen molar-refractivity contribution in [2.45, 2.75) is 26.8 Å². The number of carboxylic acid groups (broad SMARTS) is 1. The lowest BCUT2D eigenvalue weighted by molar-refractivity contribution is 0.0687. The lowest BCUT2D eigenvalue weighted by Crippen LogP contribution is -2.23. The summed E-state index contributed by atoms with van der Waals surface area (Å²) >= 11 is 0. The van der Waals surface area contributed by atoms with E-state index in [1.807, 2.05) is 32.0 Å². The minimum atomic E-state index is -1.06. The van der Waals surface area contributed by atoms with E-state index in [0.717, 1.165) is 22.4 Å². The third-order valence-corrected chi connectivity index (χ3v) is 4.62. The number of amides is 1. The van der Waals surface area contributed by atoms with Gasteiger partial charge >= 0.3 is 5.97 Å². The fraction of sp³-hybridized carbons (Fsp3) is 0.200. The highest BCUT2D eigenvalue weighted by Gasteiger charge is 2.21. The van der Waals surface area contributed by atoms with Crippen molar-refractivity contribution in [1.82, 2.24) is 24.7 Å². The van der Waals surface area contributed by atoms with Crippen LogP contribution in [0.5, 0.6) is 0 Å². The van der Waals surface area contributed by atoms with E-state index in [9.17, 15) is 14.7 Å². The molecule has 0 unspecified atom stereocenters. The first-order valence-electron chi connectivity index (χ1n) is 8.94. The van der Waals surface area contributed by atoms with E-state index < -0.39 is 5.97 Å². The van der Waals surface area contributed by atoms with Crippen molar-refractivity contribution >= 4 is 28.6 Å². The van der Waals surface area contributed by atoms with Crippen LogP contribution in [-0.2, 0) is 13.0 Å². The van der Waals surface area contributed by atoms with E-state index in [0.29, 0.717) is 29.9 Å². The molecule has 0 aliphatic carbocycles. The number of H-pyrrole nitrogens is 1. The summed E-state index contributed by atoms with van der Waals surface area (Å²) in [6.07, 6.45) is 2.07. The first kappa shape index (κ1) is 17.7. The van der Waals surface area contributed by atoms with Gasteiger partial charge in [0, 0.05) is 12.7 Å². The molecule has 3 heterocycles. The van der Waals surface area contributed by atoms with Gasteiger partial charge in [-0.25, -0.2) is 14.8 Å². The maximum Gasteiger partial charge on any atom is 0.354 e. The number of imidazole rings is 2. The third-order valence-electron chi connectivity index (χ3n) is 4.62. The Morgan fingerprint density at radius 1 is 1.25 bits per heavy atom. The van der Waals surface area contributed by atoms with Gasteiger partial charge in [0.1, 0.15) is 5.82 Å². The van der Waals surface area contributed by atoms with Crippen LogP contribution >= 0.6 is 0 Å². The molecule has 0 atom stereocenters. The molecule has 0 saturated carbocycles. The Bertz CT molecular complexity index is 1220. The van der Waals surface area contributed by atoms with Gasteiger partial charge in [0.15, 0.2) is 11.3 Å². The number of nitrogens with one attached hydrogen (secondary N) is 2. The third kappa shape index (κ3) is 2.98. The van der Waals surface area contributed by atoms with Crippen LogP contribution < -0.4 is 5.32 Å². The summed E-state index contributed by atoms with van der Waals surface area (Å²) in [4.78, 5) is 36.3. The zero-order chi connectivity index (χ0) is 19.8. The summed E-state index contributed by atoms with van der Waals surface area (Å²) in [6.45, 7) is 4.06. The normalized spacial score (nSPS) is 11.2. The average Bonchev–Trinajstić information content (AvgIpc) is 3.24. The average molecular weight is 377 g/mol. The number of aromatic amines is 1. The lowest BCUT2D eigenvalue weighted by atomic mass is 10.2. The molecule has 0 aliphatic rings. The number of aromatic nitrogens is 4. The minimum Gasteiger partial charge on any atom is -0.477 e. The summed E-state index contributed by atoms with van der Waals surface area (Å²) in [7, 11) is 0. The molecule has 3 aromatic heterocycles. The van der Waals surface area contributed by atoms with Crippen molar-refractivity contribution in [3.63, 3.8) is 0 Å². The molecule has 0 saturated heterocycles. The second kappa shape index (κ2) is 6.80. The number of rotatable bonds is 5. The number of benzene rings is 1. The van der Waals surface area contributed by atoms with Crippen molar-refractivity contribution in [2.24, 2.45) is 0 Å². The molecule has 8 nitrogen and oxygen atoms in total. The summed E-state index contributed by atoms with van der Waals surface area (Å²) in [5.74, 6) is -0.538. The Labute approximate surface area is 160 Å². The quantitative estimate of drug-likeness (QED) is 0.495. The highest BCUT2D eigenvalue weighted by molar-refractivity contribution is 6.01. The monoisotopic (exact) mass is 377 g/mol. The topological polar surface area (TPSA) is 112 Å². The van der Waals surface area contributed by atoms with Crippen molar-refractivity contribution in [1.29, 1.82) is 0 Å². The number of nitrogens with zero attached hydrogens (tertiary/aromatic N) is 3. The molecular weight excluding hydrogens is 358 g/mol. The van der Waals surface area contributed by atoms with Gasteiger partial charge in [0.05, 0.1) is 22.3 Å². The van der Waals surface area contributed by atoms with E-state index in [1.54, 1.807) is 18.3 Å². The highest BCUT2D eigenvalue weighted by Crippen LogP contribution is 2.18. The number of aromatic carboxylic acids is 1. The molecule has 0 aliphatic heterocycles. The molecule has 28 heavy (non-hydrogen) atoms. The van der Waals surface area contributed by atoms with Crippen LogP contribution in [0.2, 0.25) is 0 Å². The molecule has 0 fully saturated rings. The fourth-order valence-corrected chi connectivity index (χ4v) is 3.34. The first-order valence-corrected chi connectivity index (χ1v) is 8.94. The summed E-state index contributed by atoms with van der Waals surface area (Å²) in [6, 6.07) is 9.06. The molecule has 142 valence electrons. The van der Waals surface area contributed by atoms with Gasteiger partial charge < -0.3 is 15.4 Å². The van der Waals surface area contributed by atoms with E-state index in [2.05, 4.69) is 20.3 Å². The molecule has 1 amide bonds. The lowest BCUT2D eigenvalue weighted by Gasteiger charge is -2.07. The van der Waals surface area contributed by atoms with Crippen LogP contribution in [0, 0.1) is 6.92 Å². The molecule has 0 bridgehead atoms. The zero-order valence-corrected chi connectivity index (χ0v) is 15.5. The standard InChI is InChI=1S/C20H19N5O3/c1-3-14-17(20(27)28)25-8-4-5-13(18(25)24-14)19(26)21-10-12-6-7-15-16(9-12)23-11(2)22-15/h4-9H,3,10H2,1-2H3,(H,21,26)(H,22,23)(H,27,28). The van der Waals surface area contributed by atoms with Crippen molar-refractivity contribution < 1.29 is 14.7 Å². The largest absolute Gasteiger partial charge is 0.477 e. The van der Waals surface area contributed by atoms with E-state index in [1.165, 1.54) is 4.40 Å². The Morgan fingerprint density at radius 3 is 2.82 bits per heavy atom. The van der Waals surface area contributed by atoms with Crippen molar-refractivity contribution in [3.8, 4) is 0 Å². The molecule has 3 N–H and O–H groups in total. The number of pyridine rings is 1. The Kier molecular flexibility index (Phi) is 4.31. The molecule has 4 rings (SSSR count). The smallest absolute Gasteiger partial charge is 0.354 e. The number of hydrogen-bond donors (Lipinski definition) is 3. The Balaban J connectivity index is 1.62. The molecule has 4 aromatic rings. The fourth-order valence-electron chi connectivity index (χ4n) is 3.34. The van der Waals surface area contributed by atoms with Crippen LogP contribution in [0.1, 0.15) is 44.9 Å². The predicted molar refractivity (Wildman–Crippen MR) is 104 cm³/mol. The summed E-state index contributed by atoms with van der Waals surface area (Å²) < 4.78 is 1.45. The van der Waals surface area contributed by atoms with Crippen LogP contribution in [0.4, 0.5) is 0 Å². The van der Waals surface area contributed by atoms with Gasteiger partial charge in [0.2, 0.25) is 0 Å². The highest BCUT2D eigenvalue weighted by atomic mass is 16.4. The van der Waals surface area contributed by atoms with E-state index in [-0.39, 0.29) is 11.6 Å².